The van der Waals surface area contributed by atoms with Crippen LogP contribution >= 0.6 is 0 Å². The highest BCUT2D eigenvalue weighted by molar-refractivity contribution is 7.92. The number of hydrogen-bond acceptors (Lipinski definition) is 5. The zero-order valence-electron chi connectivity index (χ0n) is 9.93. The molecule has 1 aromatic heterocycles. The van der Waals surface area contributed by atoms with E-state index in [0.717, 1.165) is 0 Å². The molecule has 1 aromatic rings. The van der Waals surface area contributed by atoms with Gasteiger partial charge in [0.15, 0.2) is 0 Å². The van der Waals surface area contributed by atoms with Gasteiger partial charge in [-0.05, 0) is 13.8 Å². The standard InChI is InChI=1S/C9H18N4O3S/c1-7(2)16-3-4-17(14,15)13-9-8(5-10)6-11-12-9/h6-7H,3-5,10H2,1-2H3,(H2,11,12,13). The number of nitrogens with zero attached hydrogens (tertiary/aromatic N) is 1. The van der Waals surface area contributed by atoms with Crippen molar-refractivity contribution in [3.63, 3.8) is 0 Å². The fourth-order valence-electron chi connectivity index (χ4n) is 1.15. The minimum absolute atomic E-state index is 0.0111. The summed E-state index contributed by atoms with van der Waals surface area (Å²) in [5, 5.41) is 6.27. The molecule has 0 amide bonds. The molecule has 0 fully saturated rings. The van der Waals surface area contributed by atoms with Crippen molar-refractivity contribution in [2.75, 3.05) is 17.1 Å². The number of nitrogens with one attached hydrogen (secondary N) is 2. The van der Waals surface area contributed by atoms with Gasteiger partial charge in [0.05, 0.1) is 24.7 Å². The number of nitrogens with two attached hydrogens (primary N) is 1. The van der Waals surface area contributed by atoms with Crippen molar-refractivity contribution in [1.82, 2.24) is 10.2 Å². The molecule has 17 heavy (non-hydrogen) atoms. The van der Waals surface area contributed by atoms with E-state index in [1.165, 1.54) is 6.20 Å². The predicted octanol–water partition coefficient (Wildman–Crippen LogP) is 0.0351. The highest BCUT2D eigenvalue weighted by Gasteiger charge is 2.14. The summed E-state index contributed by atoms with van der Waals surface area (Å²) in [5.41, 5.74) is 6.06. The lowest BCUT2D eigenvalue weighted by molar-refractivity contribution is 0.0913. The number of hydrogen-bond donors (Lipinski definition) is 3. The van der Waals surface area contributed by atoms with Crippen LogP contribution in [-0.2, 0) is 21.3 Å². The maximum Gasteiger partial charge on any atom is 0.236 e. The summed E-state index contributed by atoms with van der Waals surface area (Å²) in [6, 6.07) is 0. The van der Waals surface area contributed by atoms with Gasteiger partial charge in [-0.3, -0.25) is 9.82 Å². The van der Waals surface area contributed by atoms with E-state index in [4.69, 9.17) is 10.5 Å². The first-order valence-corrected chi connectivity index (χ1v) is 6.94. The Morgan fingerprint density at radius 3 is 2.88 bits per heavy atom. The normalized spacial score (nSPS) is 12.0. The minimum atomic E-state index is -3.43. The fraction of sp³-hybridized carbons (Fsp3) is 0.667. The van der Waals surface area contributed by atoms with E-state index >= 15 is 0 Å². The molecule has 7 nitrogen and oxygen atoms in total. The van der Waals surface area contributed by atoms with E-state index in [2.05, 4.69) is 14.9 Å². The number of aromatic amines is 1. The Morgan fingerprint density at radius 2 is 2.29 bits per heavy atom. The Labute approximate surface area is 101 Å². The Balaban J connectivity index is 2.55. The average molecular weight is 262 g/mol. The van der Waals surface area contributed by atoms with Crippen molar-refractivity contribution in [3.05, 3.63) is 11.8 Å². The lowest BCUT2D eigenvalue weighted by atomic mass is 10.3. The number of ether oxygens (including phenoxy) is 1. The van der Waals surface area contributed by atoms with Gasteiger partial charge in [-0.15, -0.1) is 0 Å². The maximum absolute atomic E-state index is 11.7. The van der Waals surface area contributed by atoms with E-state index < -0.39 is 10.0 Å². The number of anilines is 1. The van der Waals surface area contributed by atoms with Gasteiger partial charge < -0.3 is 10.5 Å². The summed E-state index contributed by atoms with van der Waals surface area (Å²) in [4.78, 5) is 0. The lowest BCUT2D eigenvalue weighted by Crippen LogP contribution is -2.22. The fourth-order valence-corrected chi connectivity index (χ4v) is 2.06. The van der Waals surface area contributed by atoms with Crippen LogP contribution in [0.25, 0.3) is 0 Å². The Morgan fingerprint density at radius 1 is 1.59 bits per heavy atom. The first-order valence-electron chi connectivity index (χ1n) is 5.29. The molecule has 1 rings (SSSR count). The first-order chi connectivity index (χ1) is 7.94. The monoisotopic (exact) mass is 262 g/mol. The average Bonchev–Trinajstić information content (AvgIpc) is 2.63. The second kappa shape index (κ2) is 5.99. The van der Waals surface area contributed by atoms with Gasteiger partial charge in [-0.1, -0.05) is 0 Å². The molecular weight excluding hydrogens is 244 g/mol. The molecule has 0 radical (unpaired) electrons. The van der Waals surface area contributed by atoms with Crippen molar-refractivity contribution in [1.29, 1.82) is 0 Å². The Bertz CT molecular complexity index is 441. The summed E-state index contributed by atoms with van der Waals surface area (Å²) in [7, 11) is -3.43. The van der Waals surface area contributed by atoms with Gasteiger partial charge in [0.2, 0.25) is 10.0 Å². The Hall–Kier alpha value is -1.12. The third-order valence-electron chi connectivity index (χ3n) is 2.00. The molecular formula is C9H18N4O3S. The molecule has 0 aromatic carbocycles. The number of H-pyrrole nitrogens is 1. The van der Waals surface area contributed by atoms with Crippen LogP contribution in [0.4, 0.5) is 5.82 Å². The third kappa shape index (κ3) is 4.72. The van der Waals surface area contributed by atoms with Gasteiger partial charge in [-0.2, -0.15) is 5.10 Å². The van der Waals surface area contributed by atoms with Gasteiger partial charge in [0, 0.05) is 12.1 Å². The van der Waals surface area contributed by atoms with E-state index in [0.29, 0.717) is 11.4 Å². The summed E-state index contributed by atoms with van der Waals surface area (Å²) in [6.45, 7) is 4.07. The van der Waals surface area contributed by atoms with Crippen LogP contribution in [-0.4, -0.2) is 37.1 Å². The van der Waals surface area contributed by atoms with Crippen molar-refractivity contribution >= 4 is 15.8 Å². The van der Waals surface area contributed by atoms with Crippen LogP contribution in [0.15, 0.2) is 6.20 Å². The summed E-state index contributed by atoms with van der Waals surface area (Å²) in [5.74, 6) is 0.214. The minimum Gasteiger partial charge on any atom is -0.378 e. The van der Waals surface area contributed by atoms with Crippen LogP contribution in [0.1, 0.15) is 19.4 Å². The molecule has 1 heterocycles. The van der Waals surface area contributed by atoms with Gasteiger partial charge in [0.25, 0.3) is 0 Å². The largest absolute Gasteiger partial charge is 0.378 e. The zero-order valence-corrected chi connectivity index (χ0v) is 10.8. The predicted molar refractivity (Wildman–Crippen MR) is 65.0 cm³/mol. The van der Waals surface area contributed by atoms with Gasteiger partial charge >= 0.3 is 0 Å². The Kier molecular flexibility index (Phi) is 4.91. The second-order valence-corrected chi connectivity index (χ2v) is 5.66. The highest BCUT2D eigenvalue weighted by Crippen LogP contribution is 2.11. The quantitative estimate of drug-likeness (QED) is 0.642. The van der Waals surface area contributed by atoms with Crippen molar-refractivity contribution in [2.45, 2.75) is 26.5 Å². The molecule has 0 spiro atoms. The van der Waals surface area contributed by atoms with Crippen LogP contribution in [0.2, 0.25) is 0 Å². The smallest absolute Gasteiger partial charge is 0.236 e. The van der Waals surface area contributed by atoms with Crippen molar-refractivity contribution in [3.8, 4) is 0 Å². The summed E-state index contributed by atoms with van der Waals surface area (Å²) >= 11 is 0. The van der Waals surface area contributed by atoms with Crippen molar-refractivity contribution in [2.24, 2.45) is 5.73 Å². The van der Waals surface area contributed by atoms with E-state index in [1.807, 2.05) is 13.8 Å². The van der Waals surface area contributed by atoms with E-state index in [1.54, 1.807) is 0 Å². The van der Waals surface area contributed by atoms with Crippen molar-refractivity contribution < 1.29 is 13.2 Å². The molecule has 0 saturated carbocycles. The second-order valence-electron chi connectivity index (χ2n) is 3.81. The van der Waals surface area contributed by atoms with Crippen LogP contribution < -0.4 is 10.5 Å². The topological polar surface area (TPSA) is 110 Å². The number of aromatic nitrogens is 2. The molecule has 0 aliphatic carbocycles. The molecule has 0 unspecified atom stereocenters. The molecule has 0 atom stereocenters. The molecule has 0 bridgehead atoms. The summed E-state index contributed by atoms with van der Waals surface area (Å²) in [6.07, 6.45) is 1.50. The van der Waals surface area contributed by atoms with Crippen LogP contribution in [0.5, 0.6) is 0 Å². The van der Waals surface area contributed by atoms with E-state index in [9.17, 15) is 8.42 Å². The maximum atomic E-state index is 11.7. The molecule has 8 heteroatoms. The van der Waals surface area contributed by atoms with Gasteiger partial charge in [0.1, 0.15) is 5.82 Å². The van der Waals surface area contributed by atoms with Crippen LogP contribution in [0.3, 0.4) is 0 Å². The molecule has 0 aliphatic rings. The molecule has 4 N–H and O–H groups in total. The number of rotatable bonds is 7. The first kappa shape index (κ1) is 13.9. The van der Waals surface area contributed by atoms with E-state index in [-0.39, 0.29) is 25.0 Å². The molecule has 0 aliphatic heterocycles. The van der Waals surface area contributed by atoms with Gasteiger partial charge in [-0.25, -0.2) is 8.42 Å². The number of sulfonamides is 1. The highest BCUT2D eigenvalue weighted by atomic mass is 32.2. The third-order valence-corrected chi connectivity index (χ3v) is 3.22. The lowest BCUT2D eigenvalue weighted by Gasteiger charge is -2.09. The SMILES string of the molecule is CC(C)OCCS(=O)(=O)Nc1[nH]ncc1CN. The van der Waals surface area contributed by atoms with Crippen LogP contribution in [0, 0.1) is 0 Å². The zero-order chi connectivity index (χ0) is 12.9. The molecule has 0 saturated heterocycles. The summed E-state index contributed by atoms with van der Waals surface area (Å²) < 4.78 is 30.9. The molecule has 98 valence electrons.